The highest BCUT2D eigenvalue weighted by Gasteiger charge is 2.39. The molecule has 0 unspecified atom stereocenters. The number of carbonyl (C=O) groups excluding carboxylic acids is 2. The van der Waals surface area contributed by atoms with Gasteiger partial charge < -0.3 is 14.8 Å². The van der Waals surface area contributed by atoms with Gasteiger partial charge in [0.05, 0.1) is 26.3 Å². The Labute approximate surface area is 199 Å². The highest BCUT2D eigenvalue weighted by atomic mass is 16.5. The molecule has 3 aromatic carbocycles. The van der Waals surface area contributed by atoms with Gasteiger partial charge >= 0.3 is 0 Å². The lowest BCUT2D eigenvalue weighted by Gasteiger charge is -2.16. The first-order valence-electron chi connectivity index (χ1n) is 11.0. The first-order valence-corrected chi connectivity index (χ1v) is 11.0. The van der Waals surface area contributed by atoms with Crippen molar-refractivity contribution in [2.75, 3.05) is 19.5 Å². The first-order chi connectivity index (χ1) is 16.3. The van der Waals surface area contributed by atoms with Crippen LogP contribution in [0.5, 0.6) is 11.5 Å². The molecule has 0 bridgehead atoms. The quantitative estimate of drug-likeness (QED) is 0.506. The predicted molar refractivity (Wildman–Crippen MR) is 133 cm³/mol. The molecule has 1 heterocycles. The second-order valence-corrected chi connectivity index (χ2v) is 8.48. The van der Waals surface area contributed by atoms with Crippen LogP contribution in [-0.4, -0.2) is 30.9 Å². The van der Waals surface area contributed by atoms with Crippen LogP contribution in [0.1, 0.15) is 27.8 Å². The van der Waals surface area contributed by atoms with Crippen molar-refractivity contribution in [3.05, 3.63) is 94.2 Å². The van der Waals surface area contributed by atoms with Gasteiger partial charge in [-0.3, -0.25) is 14.5 Å². The summed E-state index contributed by atoms with van der Waals surface area (Å²) in [7, 11) is 3.12. The van der Waals surface area contributed by atoms with E-state index in [1.165, 1.54) is 4.90 Å². The summed E-state index contributed by atoms with van der Waals surface area (Å²) < 4.78 is 10.7. The highest BCUT2D eigenvalue weighted by molar-refractivity contribution is 6.36. The molecular weight excluding hydrogens is 428 g/mol. The van der Waals surface area contributed by atoms with Gasteiger partial charge in [-0.25, -0.2) is 0 Å². The van der Waals surface area contributed by atoms with Crippen LogP contribution >= 0.6 is 0 Å². The van der Waals surface area contributed by atoms with Crippen LogP contribution in [0, 0.1) is 20.8 Å². The highest BCUT2D eigenvalue weighted by Crippen LogP contribution is 2.35. The molecule has 6 nitrogen and oxygen atoms in total. The molecule has 6 heteroatoms. The summed E-state index contributed by atoms with van der Waals surface area (Å²) in [4.78, 5) is 28.5. The van der Waals surface area contributed by atoms with Gasteiger partial charge in [0, 0.05) is 23.9 Å². The van der Waals surface area contributed by atoms with Crippen molar-refractivity contribution in [3.63, 3.8) is 0 Å². The fraction of sp³-hybridized carbons (Fsp3) is 0.214. The summed E-state index contributed by atoms with van der Waals surface area (Å²) >= 11 is 0. The topological polar surface area (TPSA) is 67.9 Å². The lowest BCUT2D eigenvalue weighted by Crippen LogP contribution is -2.32. The lowest BCUT2D eigenvalue weighted by atomic mass is 9.97. The molecule has 1 N–H and O–H groups in total. The van der Waals surface area contributed by atoms with Gasteiger partial charge in [-0.15, -0.1) is 0 Å². The van der Waals surface area contributed by atoms with Crippen molar-refractivity contribution >= 4 is 23.1 Å². The maximum absolute atomic E-state index is 13.6. The number of imide groups is 1. The number of hydrogen-bond donors (Lipinski definition) is 1. The van der Waals surface area contributed by atoms with Gasteiger partial charge in [0.2, 0.25) is 0 Å². The Morgan fingerprint density at radius 1 is 0.765 bits per heavy atom. The summed E-state index contributed by atoms with van der Waals surface area (Å²) in [5, 5.41) is 3.19. The molecule has 2 amide bonds. The second kappa shape index (κ2) is 9.43. The molecule has 0 spiro atoms. The maximum atomic E-state index is 13.6. The van der Waals surface area contributed by atoms with E-state index in [-0.39, 0.29) is 24.1 Å². The summed E-state index contributed by atoms with van der Waals surface area (Å²) in [5.41, 5.74) is 5.93. The van der Waals surface area contributed by atoms with Crippen molar-refractivity contribution in [2.24, 2.45) is 0 Å². The molecule has 4 rings (SSSR count). The van der Waals surface area contributed by atoms with E-state index in [2.05, 4.69) is 5.32 Å². The molecule has 1 aliphatic heterocycles. The molecule has 0 aliphatic carbocycles. The van der Waals surface area contributed by atoms with Crippen molar-refractivity contribution in [2.45, 2.75) is 27.3 Å². The molecule has 174 valence electrons. The van der Waals surface area contributed by atoms with Crippen LogP contribution in [0.3, 0.4) is 0 Å². The molecule has 0 radical (unpaired) electrons. The molecule has 3 aromatic rings. The number of benzene rings is 3. The average Bonchev–Trinajstić information content (AvgIpc) is 3.04. The summed E-state index contributed by atoms with van der Waals surface area (Å²) in [5.74, 6) is 0.449. The Balaban J connectivity index is 1.79. The van der Waals surface area contributed by atoms with E-state index < -0.39 is 0 Å². The zero-order valence-corrected chi connectivity index (χ0v) is 20.1. The average molecular weight is 457 g/mol. The van der Waals surface area contributed by atoms with Gasteiger partial charge in [-0.05, 0) is 37.5 Å². The fourth-order valence-corrected chi connectivity index (χ4v) is 4.08. The van der Waals surface area contributed by atoms with Gasteiger partial charge in [0.25, 0.3) is 11.8 Å². The number of hydrogen-bond acceptors (Lipinski definition) is 5. The van der Waals surface area contributed by atoms with E-state index in [1.54, 1.807) is 32.4 Å². The Morgan fingerprint density at radius 3 is 1.97 bits per heavy atom. The van der Waals surface area contributed by atoms with Gasteiger partial charge in [0.15, 0.2) is 0 Å². The van der Waals surface area contributed by atoms with E-state index in [1.807, 2.05) is 63.2 Å². The summed E-state index contributed by atoms with van der Waals surface area (Å²) in [6.45, 7) is 6.14. The number of amides is 2. The van der Waals surface area contributed by atoms with Crippen LogP contribution in [0.2, 0.25) is 0 Å². The zero-order chi connectivity index (χ0) is 24.4. The molecule has 0 atom stereocenters. The number of rotatable bonds is 7. The minimum atomic E-state index is -0.373. The van der Waals surface area contributed by atoms with Crippen molar-refractivity contribution < 1.29 is 19.1 Å². The molecular formula is C28H28N2O4. The van der Waals surface area contributed by atoms with Crippen LogP contribution in [0.4, 0.5) is 5.69 Å². The van der Waals surface area contributed by atoms with Crippen LogP contribution in [0.15, 0.2) is 66.4 Å². The fourth-order valence-electron chi connectivity index (χ4n) is 4.08. The Bertz CT molecular complexity index is 1270. The van der Waals surface area contributed by atoms with E-state index in [0.717, 1.165) is 27.8 Å². The van der Waals surface area contributed by atoms with Crippen molar-refractivity contribution in [1.29, 1.82) is 0 Å². The van der Waals surface area contributed by atoms with Gasteiger partial charge in [-0.2, -0.15) is 0 Å². The molecule has 0 fully saturated rings. The predicted octanol–water partition coefficient (Wildman–Crippen LogP) is 5.02. The first kappa shape index (κ1) is 23.1. The van der Waals surface area contributed by atoms with Crippen molar-refractivity contribution in [3.8, 4) is 11.5 Å². The standard InChI is InChI=1S/C28H28N2O4/c1-17-6-9-20(10-7-17)16-30-27(31)25(24-11-8-18(2)12-19(24)3)26(28(30)32)29-21-13-22(33-4)15-23(14-21)34-5/h6-15,29H,16H2,1-5H3. The molecule has 34 heavy (non-hydrogen) atoms. The van der Waals surface area contributed by atoms with Crippen LogP contribution < -0.4 is 14.8 Å². The molecule has 0 saturated heterocycles. The summed E-state index contributed by atoms with van der Waals surface area (Å²) in [6, 6.07) is 18.9. The largest absolute Gasteiger partial charge is 0.497 e. The van der Waals surface area contributed by atoms with E-state index >= 15 is 0 Å². The number of nitrogens with one attached hydrogen (secondary N) is 1. The van der Waals surface area contributed by atoms with Gasteiger partial charge in [0.1, 0.15) is 17.2 Å². The Hall–Kier alpha value is -4.06. The number of carbonyl (C=O) groups is 2. The Morgan fingerprint density at radius 2 is 1.38 bits per heavy atom. The van der Waals surface area contributed by atoms with Crippen molar-refractivity contribution in [1.82, 2.24) is 4.90 Å². The minimum absolute atomic E-state index is 0.193. The third kappa shape index (κ3) is 4.53. The summed E-state index contributed by atoms with van der Waals surface area (Å²) in [6.07, 6.45) is 0. The SMILES string of the molecule is COc1cc(NC2=C(c3ccc(C)cc3C)C(=O)N(Cc3ccc(C)cc3)C2=O)cc(OC)c1. The van der Waals surface area contributed by atoms with Crippen LogP contribution in [0.25, 0.3) is 5.57 Å². The number of ether oxygens (including phenoxy) is 2. The van der Waals surface area contributed by atoms with E-state index in [4.69, 9.17) is 9.47 Å². The number of methoxy groups -OCH3 is 2. The molecule has 1 aliphatic rings. The third-order valence-corrected chi connectivity index (χ3v) is 5.90. The maximum Gasteiger partial charge on any atom is 0.278 e. The second-order valence-electron chi connectivity index (χ2n) is 8.48. The lowest BCUT2D eigenvalue weighted by molar-refractivity contribution is -0.137. The van der Waals surface area contributed by atoms with Gasteiger partial charge in [-0.1, -0.05) is 53.6 Å². The number of nitrogens with zero attached hydrogens (tertiary/aromatic N) is 1. The smallest absolute Gasteiger partial charge is 0.278 e. The third-order valence-electron chi connectivity index (χ3n) is 5.90. The monoisotopic (exact) mass is 456 g/mol. The van der Waals surface area contributed by atoms with Crippen LogP contribution in [-0.2, 0) is 16.1 Å². The van der Waals surface area contributed by atoms with E-state index in [0.29, 0.717) is 22.8 Å². The van der Waals surface area contributed by atoms with E-state index in [9.17, 15) is 9.59 Å². The Kier molecular flexibility index (Phi) is 6.41. The molecule has 0 saturated carbocycles. The molecule has 0 aromatic heterocycles. The zero-order valence-electron chi connectivity index (χ0n) is 20.1. The number of aryl methyl sites for hydroxylation is 3. The normalized spacial score (nSPS) is 13.5. The minimum Gasteiger partial charge on any atom is -0.497 e. The number of anilines is 1.